The van der Waals surface area contributed by atoms with Gasteiger partial charge in [0.2, 0.25) is 0 Å². The number of fused-ring (bicyclic) bond motifs is 1. The zero-order valence-corrected chi connectivity index (χ0v) is 11.7. The number of carbonyl (C=O) groups is 1. The van der Waals surface area contributed by atoms with Crippen molar-refractivity contribution in [1.29, 1.82) is 0 Å². The molecule has 0 saturated heterocycles. The highest BCUT2D eigenvalue weighted by molar-refractivity contribution is 6.29. The zero-order valence-electron chi connectivity index (χ0n) is 10.9. The second kappa shape index (κ2) is 5.59. The van der Waals surface area contributed by atoms with Crippen LogP contribution in [0.3, 0.4) is 0 Å². The normalized spacial score (nSPS) is 14.6. The van der Waals surface area contributed by atoms with Gasteiger partial charge >= 0.3 is 0 Å². The lowest BCUT2D eigenvalue weighted by Crippen LogP contribution is -2.32. The van der Waals surface area contributed by atoms with E-state index in [-0.39, 0.29) is 11.1 Å². The number of rotatable bonds is 1. The monoisotopic (exact) mass is 287 g/mol. The number of para-hydroxylation sites is 1. The molecule has 4 nitrogen and oxygen atoms in total. The lowest BCUT2D eigenvalue weighted by atomic mass is 10.1. The number of anilines is 1. The van der Waals surface area contributed by atoms with E-state index in [2.05, 4.69) is 16.0 Å². The van der Waals surface area contributed by atoms with Crippen LogP contribution in [0.2, 0.25) is 5.15 Å². The standard InChI is InChI=1S/C15H14ClN3O/c16-14-9-12(17-10-18-14)15(20)19-8-4-3-6-11-5-1-2-7-13(11)19/h1-2,5,7,9-10H,3-4,6,8H2. The number of hydrogen-bond acceptors (Lipinski definition) is 3. The van der Waals surface area contributed by atoms with Crippen molar-refractivity contribution in [2.24, 2.45) is 0 Å². The molecule has 0 atom stereocenters. The topological polar surface area (TPSA) is 46.1 Å². The molecule has 0 N–H and O–H groups in total. The Labute approximate surface area is 122 Å². The number of hydrogen-bond donors (Lipinski definition) is 0. The van der Waals surface area contributed by atoms with Crippen molar-refractivity contribution < 1.29 is 4.79 Å². The largest absolute Gasteiger partial charge is 0.307 e. The summed E-state index contributed by atoms with van der Waals surface area (Å²) in [5.74, 6) is -0.122. The average molecular weight is 288 g/mol. The van der Waals surface area contributed by atoms with E-state index >= 15 is 0 Å². The summed E-state index contributed by atoms with van der Waals surface area (Å²) in [6, 6.07) is 9.54. The molecule has 1 aliphatic heterocycles. The van der Waals surface area contributed by atoms with Crippen molar-refractivity contribution in [3.8, 4) is 0 Å². The molecule has 0 spiro atoms. The highest BCUT2D eigenvalue weighted by Crippen LogP contribution is 2.27. The number of halogens is 1. The zero-order chi connectivity index (χ0) is 13.9. The van der Waals surface area contributed by atoms with Crippen LogP contribution in [-0.4, -0.2) is 22.4 Å². The van der Waals surface area contributed by atoms with E-state index in [1.54, 1.807) is 4.90 Å². The first-order valence-electron chi connectivity index (χ1n) is 6.63. The highest BCUT2D eigenvalue weighted by atomic mass is 35.5. The van der Waals surface area contributed by atoms with E-state index in [0.29, 0.717) is 12.2 Å². The first kappa shape index (κ1) is 13.1. The Balaban J connectivity index is 1.99. The predicted molar refractivity (Wildman–Crippen MR) is 78.1 cm³/mol. The molecule has 0 fully saturated rings. The summed E-state index contributed by atoms with van der Waals surface area (Å²) in [5.41, 5.74) is 2.52. The molecule has 5 heteroatoms. The molecule has 1 aromatic heterocycles. The van der Waals surface area contributed by atoms with Gasteiger partial charge in [-0.3, -0.25) is 4.79 Å². The fourth-order valence-corrected chi connectivity index (χ4v) is 2.64. The molecule has 3 rings (SSSR count). The first-order chi connectivity index (χ1) is 9.75. The molecule has 2 aromatic rings. The van der Waals surface area contributed by atoms with Crippen molar-refractivity contribution >= 4 is 23.2 Å². The number of benzene rings is 1. The van der Waals surface area contributed by atoms with Crippen LogP contribution >= 0.6 is 11.6 Å². The number of amides is 1. The fraction of sp³-hybridized carbons (Fsp3) is 0.267. The van der Waals surface area contributed by atoms with Crippen LogP contribution in [0.25, 0.3) is 0 Å². The molecule has 0 saturated carbocycles. The Morgan fingerprint density at radius 2 is 2.05 bits per heavy atom. The van der Waals surface area contributed by atoms with Crippen LogP contribution < -0.4 is 4.90 Å². The molecule has 0 bridgehead atoms. The van der Waals surface area contributed by atoms with Crippen LogP contribution in [0.5, 0.6) is 0 Å². The van der Waals surface area contributed by atoms with E-state index < -0.39 is 0 Å². The quantitative estimate of drug-likeness (QED) is 0.757. The molecule has 1 aromatic carbocycles. The summed E-state index contributed by atoms with van der Waals surface area (Å²) in [6.07, 6.45) is 4.40. The maximum atomic E-state index is 12.6. The molecule has 0 radical (unpaired) electrons. The van der Waals surface area contributed by atoms with Crippen molar-refractivity contribution in [2.75, 3.05) is 11.4 Å². The molecule has 20 heavy (non-hydrogen) atoms. The van der Waals surface area contributed by atoms with Gasteiger partial charge in [0, 0.05) is 18.3 Å². The number of aryl methyl sites for hydroxylation is 1. The van der Waals surface area contributed by atoms with Crippen LogP contribution in [-0.2, 0) is 6.42 Å². The molecule has 0 aliphatic carbocycles. The molecular weight excluding hydrogens is 274 g/mol. The van der Waals surface area contributed by atoms with Crippen LogP contribution in [0, 0.1) is 0 Å². The summed E-state index contributed by atoms with van der Waals surface area (Å²) in [4.78, 5) is 22.3. The van der Waals surface area contributed by atoms with Gasteiger partial charge in [0.15, 0.2) is 0 Å². The third kappa shape index (κ3) is 2.51. The minimum atomic E-state index is -0.122. The van der Waals surface area contributed by atoms with Gasteiger partial charge in [-0.2, -0.15) is 0 Å². The van der Waals surface area contributed by atoms with Crippen molar-refractivity contribution in [3.05, 3.63) is 53.1 Å². The van der Waals surface area contributed by atoms with Crippen molar-refractivity contribution in [2.45, 2.75) is 19.3 Å². The minimum absolute atomic E-state index is 0.122. The van der Waals surface area contributed by atoms with E-state index in [4.69, 9.17) is 11.6 Å². The summed E-state index contributed by atoms with van der Waals surface area (Å²) in [6.45, 7) is 0.706. The summed E-state index contributed by atoms with van der Waals surface area (Å²) >= 11 is 5.84. The van der Waals surface area contributed by atoms with Gasteiger partial charge in [-0.25, -0.2) is 9.97 Å². The fourth-order valence-electron chi connectivity index (χ4n) is 2.49. The van der Waals surface area contributed by atoms with Gasteiger partial charge < -0.3 is 4.90 Å². The van der Waals surface area contributed by atoms with Gasteiger partial charge in [-0.15, -0.1) is 0 Å². The van der Waals surface area contributed by atoms with E-state index in [0.717, 1.165) is 24.9 Å². The third-order valence-corrected chi connectivity index (χ3v) is 3.66. The first-order valence-corrected chi connectivity index (χ1v) is 7.01. The second-order valence-electron chi connectivity index (χ2n) is 4.77. The van der Waals surface area contributed by atoms with Gasteiger partial charge in [-0.1, -0.05) is 29.8 Å². The van der Waals surface area contributed by atoms with Crippen molar-refractivity contribution in [1.82, 2.24) is 9.97 Å². The smallest absolute Gasteiger partial charge is 0.277 e. The Kier molecular flexibility index (Phi) is 3.65. The SMILES string of the molecule is O=C(c1cc(Cl)ncn1)N1CCCCc2ccccc21. The average Bonchev–Trinajstić information content (AvgIpc) is 2.69. The Hall–Kier alpha value is -1.94. The van der Waals surface area contributed by atoms with Crippen LogP contribution in [0.15, 0.2) is 36.7 Å². The number of aromatic nitrogens is 2. The predicted octanol–water partition coefficient (Wildman–Crippen LogP) is 3.11. The Morgan fingerprint density at radius 3 is 2.90 bits per heavy atom. The highest BCUT2D eigenvalue weighted by Gasteiger charge is 2.23. The lowest BCUT2D eigenvalue weighted by Gasteiger charge is -2.22. The van der Waals surface area contributed by atoms with Gasteiger partial charge in [-0.05, 0) is 30.9 Å². The summed E-state index contributed by atoms with van der Waals surface area (Å²) in [5, 5.41) is 0.284. The van der Waals surface area contributed by atoms with Gasteiger partial charge in [0.25, 0.3) is 5.91 Å². The molecular formula is C15H14ClN3O. The molecule has 2 heterocycles. The van der Waals surface area contributed by atoms with E-state index in [1.165, 1.54) is 18.0 Å². The van der Waals surface area contributed by atoms with Crippen LogP contribution in [0.4, 0.5) is 5.69 Å². The van der Waals surface area contributed by atoms with E-state index in [1.807, 2.05) is 18.2 Å². The second-order valence-corrected chi connectivity index (χ2v) is 5.16. The Bertz CT molecular complexity index is 645. The Morgan fingerprint density at radius 1 is 1.20 bits per heavy atom. The maximum absolute atomic E-state index is 12.6. The van der Waals surface area contributed by atoms with Crippen LogP contribution in [0.1, 0.15) is 28.9 Å². The summed E-state index contributed by atoms with van der Waals surface area (Å²) in [7, 11) is 0. The van der Waals surface area contributed by atoms with E-state index in [9.17, 15) is 4.79 Å². The third-order valence-electron chi connectivity index (χ3n) is 3.46. The maximum Gasteiger partial charge on any atom is 0.277 e. The summed E-state index contributed by atoms with van der Waals surface area (Å²) < 4.78 is 0. The molecule has 1 aliphatic rings. The van der Waals surface area contributed by atoms with Crippen molar-refractivity contribution in [3.63, 3.8) is 0 Å². The van der Waals surface area contributed by atoms with Gasteiger partial charge in [0.1, 0.15) is 17.2 Å². The minimum Gasteiger partial charge on any atom is -0.307 e. The lowest BCUT2D eigenvalue weighted by molar-refractivity contribution is 0.0982. The number of carbonyl (C=O) groups excluding carboxylic acids is 1. The van der Waals surface area contributed by atoms with Gasteiger partial charge in [0.05, 0.1) is 0 Å². The number of nitrogens with zero attached hydrogens (tertiary/aromatic N) is 3. The molecule has 102 valence electrons. The molecule has 1 amide bonds. The molecule has 0 unspecified atom stereocenters.